The first-order valence-corrected chi connectivity index (χ1v) is 6.23. The molecule has 1 unspecified atom stereocenters. The lowest BCUT2D eigenvalue weighted by Gasteiger charge is -2.13. The zero-order chi connectivity index (χ0) is 14.7. The van der Waals surface area contributed by atoms with Crippen LogP contribution in [0.3, 0.4) is 0 Å². The molecule has 6 nitrogen and oxygen atoms in total. The molecule has 1 heterocycles. The van der Waals surface area contributed by atoms with Crippen LogP contribution in [-0.4, -0.2) is 14.7 Å². The predicted molar refractivity (Wildman–Crippen MR) is 73.0 cm³/mol. The van der Waals surface area contributed by atoms with Gasteiger partial charge < -0.3 is 5.32 Å². The van der Waals surface area contributed by atoms with Gasteiger partial charge in [0, 0.05) is 30.1 Å². The van der Waals surface area contributed by atoms with Crippen LogP contribution in [0.25, 0.3) is 0 Å². The summed E-state index contributed by atoms with van der Waals surface area (Å²) in [5, 5.41) is 17.9. The van der Waals surface area contributed by atoms with Gasteiger partial charge in [0.15, 0.2) is 0 Å². The Kier molecular flexibility index (Phi) is 3.97. The van der Waals surface area contributed by atoms with E-state index in [0.29, 0.717) is 5.69 Å². The van der Waals surface area contributed by atoms with Gasteiger partial charge in [0.1, 0.15) is 5.82 Å². The number of nitrogens with zero attached hydrogens (tertiary/aromatic N) is 3. The van der Waals surface area contributed by atoms with Crippen molar-refractivity contribution < 1.29 is 9.31 Å². The summed E-state index contributed by atoms with van der Waals surface area (Å²) in [6, 6.07) is 3.31. The molecule has 7 heteroatoms. The van der Waals surface area contributed by atoms with Crippen LogP contribution in [0.5, 0.6) is 0 Å². The van der Waals surface area contributed by atoms with E-state index >= 15 is 0 Å². The Morgan fingerprint density at radius 2 is 2.25 bits per heavy atom. The van der Waals surface area contributed by atoms with E-state index in [9.17, 15) is 14.5 Å². The number of halogens is 1. The van der Waals surface area contributed by atoms with Crippen LogP contribution in [0.15, 0.2) is 30.6 Å². The Morgan fingerprint density at radius 3 is 2.85 bits per heavy atom. The number of anilines is 1. The van der Waals surface area contributed by atoms with Gasteiger partial charge in [0.25, 0.3) is 5.69 Å². The molecule has 0 fully saturated rings. The Bertz CT molecular complexity index is 627. The molecule has 1 atom stereocenters. The van der Waals surface area contributed by atoms with Crippen molar-refractivity contribution in [3.63, 3.8) is 0 Å². The minimum absolute atomic E-state index is 0.128. The lowest BCUT2D eigenvalue weighted by molar-refractivity contribution is -0.385. The van der Waals surface area contributed by atoms with Crippen LogP contribution in [0.4, 0.5) is 15.8 Å². The topological polar surface area (TPSA) is 73.0 Å². The number of benzene rings is 1. The average Bonchev–Trinajstić information content (AvgIpc) is 2.86. The molecule has 1 aromatic carbocycles. The minimum Gasteiger partial charge on any atom is -0.378 e. The summed E-state index contributed by atoms with van der Waals surface area (Å²) in [6.45, 7) is 4.62. The van der Waals surface area contributed by atoms with Gasteiger partial charge in [0.2, 0.25) is 0 Å². The molecule has 0 bridgehead atoms. The third-order valence-corrected chi connectivity index (χ3v) is 2.95. The molecule has 0 radical (unpaired) electrons. The molecule has 0 saturated heterocycles. The third kappa shape index (κ3) is 3.11. The fourth-order valence-corrected chi connectivity index (χ4v) is 1.87. The molecule has 20 heavy (non-hydrogen) atoms. The number of hydrogen-bond acceptors (Lipinski definition) is 4. The second-order valence-corrected chi connectivity index (χ2v) is 4.45. The Labute approximate surface area is 115 Å². The van der Waals surface area contributed by atoms with E-state index in [4.69, 9.17) is 0 Å². The highest BCUT2D eigenvalue weighted by atomic mass is 19.1. The monoisotopic (exact) mass is 278 g/mol. The van der Waals surface area contributed by atoms with Crippen molar-refractivity contribution in [1.82, 2.24) is 9.78 Å². The van der Waals surface area contributed by atoms with Crippen molar-refractivity contribution in [1.29, 1.82) is 0 Å². The lowest BCUT2D eigenvalue weighted by Crippen LogP contribution is -2.06. The SMILES string of the molecule is CCn1cc(C(C)Nc2cc(F)cc([N+](=O)[O-])c2)cn1. The van der Waals surface area contributed by atoms with Gasteiger partial charge >= 0.3 is 0 Å². The van der Waals surface area contributed by atoms with Gasteiger partial charge in [-0.2, -0.15) is 5.10 Å². The molecule has 0 spiro atoms. The van der Waals surface area contributed by atoms with Crippen LogP contribution in [-0.2, 0) is 6.54 Å². The highest BCUT2D eigenvalue weighted by Crippen LogP contribution is 2.24. The number of aromatic nitrogens is 2. The van der Waals surface area contributed by atoms with Gasteiger partial charge in [-0.15, -0.1) is 0 Å². The van der Waals surface area contributed by atoms with Crippen LogP contribution >= 0.6 is 0 Å². The zero-order valence-corrected chi connectivity index (χ0v) is 11.2. The quantitative estimate of drug-likeness (QED) is 0.673. The highest BCUT2D eigenvalue weighted by molar-refractivity contribution is 5.52. The largest absolute Gasteiger partial charge is 0.378 e. The van der Waals surface area contributed by atoms with E-state index in [1.807, 2.05) is 20.0 Å². The summed E-state index contributed by atoms with van der Waals surface area (Å²) in [5.74, 6) is -0.641. The van der Waals surface area contributed by atoms with Crippen LogP contribution in [0, 0.1) is 15.9 Å². The van der Waals surface area contributed by atoms with E-state index in [2.05, 4.69) is 10.4 Å². The number of nitro benzene ring substituents is 1. The maximum Gasteiger partial charge on any atom is 0.274 e. The first-order valence-electron chi connectivity index (χ1n) is 6.23. The van der Waals surface area contributed by atoms with Crippen LogP contribution in [0.1, 0.15) is 25.5 Å². The van der Waals surface area contributed by atoms with Gasteiger partial charge in [-0.25, -0.2) is 4.39 Å². The first-order chi connectivity index (χ1) is 9.49. The Balaban J connectivity index is 2.18. The third-order valence-electron chi connectivity index (χ3n) is 2.95. The number of hydrogen-bond donors (Lipinski definition) is 1. The first kappa shape index (κ1) is 14.0. The van der Waals surface area contributed by atoms with Crippen molar-refractivity contribution in [2.45, 2.75) is 26.4 Å². The van der Waals surface area contributed by atoms with Gasteiger partial charge in [0.05, 0.1) is 23.2 Å². The molecular formula is C13H15FN4O2. The van der Waals surface area contributed by atoms with Gasteiger partial charge in [-0.3, -0.25) is 14.8 Å². The summed E-state index contributed by atoms with van der Waals surface area (Å²) in [7, 11) is 0. The summed E-state index contributed by atoms with van der Waals surface area (Å²) in [4.78, 5) is 10.1. The van der Waals surface area contributed by atoms with Crippen molar-refractivity contribution in [3.8, 4) is 0 Å². The highest BCUT2D eigenvalue weighted by Gasteiger charge is 2.13. The van der Waals surface area contributed by atoms with E-state index in [0.717, 1.165) is 18.2 Å². The van der Waals surface area contributed by atoms with Crippen molar-refractivity contribution in [3.05, 3.63) is 52.1 Å². The molecule has 0 aliphatic carbocycles. The van der Waals surface area contributed by atoms with Crippen molar-refractivity contribution in [2.24, 2.45) is 0 Å². The standard InChI is InChI=1S/C13H15FN4O2/c1-3-17-8-10(7-15-17)9(2)16-12-4-11(14)5-13(6-12)18(19)20/h4-9,16H,3H2,1-2H3. The molecule has 1 N–H and O–H groups in total. The lowest BCUT2D eigenvalue weighted by atomic mass is 10.1. The number of non-ortho nitro benzene ring substituents is 1. The maximum absolute atomic E-state index is 13.3. The van der Waals surface area contributed by atoms with E-state index in [1.54, 1.807) is 10.9 Å². The van der Waals surface area contributed by atoms with Crippen LogP contribution < -0.4 is 5.32 Å². The number of aryl methyl sites for hydroxylation is 1. The molecular weight excluding hydrogens is 263 g/mol. The molecule has 2 aromatic rings. The fraction of sp³-hybridized carbons (Fsp3) is 0.308. The van der Waals surface area contributed by atoms with Crippen molar-refractivity contribution >= 4 is 11.4 Å². The number of rotatable bonds is 5. The van der Waals surface area contributed by atoms with Crippen molar-refractivity contribution in [2.75, 3.05) is 5.32 Å². The molecule has 0 aliphatic heterocycles. The maximum atomic E-state index is 13.3. The zero-order valence-electron chi connectivity index (χ0n) is 11.2. The predicted octanol–water partition coefficient (Wildman–Crippen LogP) is 3.12. The van der Waals surface area contributed by atoms with Crippen LogP contribution in [0.2, 0.25) is 0 Å². The molecule has 0 aliphatic rings. The van der Waals surface area contributed by atoms with E-state index in [-0.39, 0.29) is 11.7 Å². The Hall–Kier alpha value is -2.44. The number of nitro groups is 1. The second-order valence-electron chi connectivity index (χ2n) is 4.45. The molecule has 2 rings (SSSR count). The molecule has 0 saturated carbocycles. The molecule has 1 aromatic heterocycles. The van der Waals surface area contributed by atoms with E-state index in [1.165, 1.54) is 12.1 Å². The molecule has 106 valence electrons. The molecule has 0 amide bonds. The minimum atomic E-state index is -0.641. The normalized spacial score (nSPS) is 12.2. The van der Waals surface area contributed by atoms with Gasteiger partial charge in [-0.1, -0.05) is 0 Å². The summed E-state index contributed by atoms with van der Waals surface area (Å²) >= 11 is 0. The smallest absolute Gasteiger partial charge is 0.274 e. The number of nitrogens with one attached hydrogen (secondary N) is 1. The van der Waals surface area contributed by atoms with E-state index < -0.39 is 10.7 Å². The fourth-order valence-electron chi connectivity index (χ4n) is 1.87. The summed E-state index contributed by atoms with van der Waals surface area (Å²) in [6.07, 6.45) is 3.60. The second kappa shape index (κ2) is 5.68. The summed E-state index contributed by atoms with van der Waals surface area (Å²) in [5.41, 5.74) is 1.02. The Morgan fingerprint density at radius 1 is 1.50 bits per heavy atom. The van der Waals surface area contributed by atoms with Gasteiger partial charge in [-0.05, 0) is 19.9 Å². The summed E-state index contributed by atoms with van der Waals surface area (Å²) < 4.78 is 15.1. The average molecular weight is 278 g/mol.